The van der Waals surface area contributed by atoms with E-state index in [1.165, 1.54) is 0 Å². The zero-order valence-corrected chi connectivity index (χ0v) is 12.0. The second-order valence-corrected chi connectivity index (χ2v) is 5.15. The highest BCUT2D eigenvalue weighted by Crippen LogP contribution is 2.50. The van der Waals surface area contributed by atoms with Gasteiger partial charge in [-0.2, -0.15) is 48.3 Å². The van der Waals surface area contributed by atoms with Crippen molar-refractivity contribution in [3.05, 3.63) is 11.3 Å². The second-order valence-electron chi connectivity index (χ2n) is 5.15. The molecule has 0 saturated carbocycles. The smallest absolute Gasteiger partial charge is 0.310 e. The minimum absolute atomic E-state index is 0.0619. The molecule has 1 fully saturated rings. The van der Waals surface area contributed by atoms with Crippen molar-refractivity contribution in [2.24, 2.45) is 0 Å². The van der Waals surface area contributed by atoms with E-state index in [0.717, 1.165) is 0 Å². The quantitative estimate of drug-likeness (QED) is 0.607. The first-order chi connectivity index (χ1) is 11.0. The number of likely N-dealkylation sites (tertiary alicyclic amines) is 1. The van der Waals surface area contributed by atoms with Crippen molar-refractivity contribution < 1.29 is 53.1 Å². The molecule has 25 heavy (non-hydrogen) atoms. The van der Waals surface area contributed by atoms with Gasteiger partial charge in [0.25, 0.3) is 0 Å². The molecule has 0 bridgehead atoms. The molecular formula is C12H10F11NO. The van der Waals surface area contributed by atoms with E-state index < -0.39 is 59.5 Å². The zero-order valence-electron chi connectivity index (χ0n) is 12.0. The second kappa shape index (κ2) is 6.63. The average Bonchev–Trinajstić information content (AvgIpc) is 2.56. The Bertz CT molecular complexity index is 525. The van der Waals surface area contributed by atoms with Crippen LogP contribution in [0.2, 0.25) is 0 Å². The number of halogens is 11. The molecule has 1 rings (SSSR count). The molecule has 0 radical (unpaired) electrons. The topological polar surface area (TPSA) is 20.3 Å². The van der Waals surface area contributed by atoms with Gasteiger partial charge in [-0.15, -0.1) is 0 Å². The maximum atomic E-state index is 13.6. The van der Waals surface area contributed by atoms with Gasteiger partial charge in [0.2, 0.25) is 5.91 Å². The van der Waals surface area contributed by atoms with Crippen molar-refractivity contribution in [1.29, 1.82) is 0 Å². The van der Waals surface area contributed by atoms with Crippen LogP contribution in [0.15, 0.2) is 11.3 Å². The van der Waals surface area contributed by atoms with Crippen LogP contribution in [-0.4, -0.2) is 41.8 Å². The molecule has 0 aliphatic carbocycles. The van der Waals surface area contributed by atoms with Crippen molar-refractivity contribution in [3.63, 3.8) is 0 Å². The molecule has 146 valence electrons. The monoisotopic (exact) mass is 393 g/mol. The van der Waals surface area contributed by atoms with Crippen LogP contribution in [0.3, 0.4) is 0 Å². The molecule has 0 aromatic carbocycles. The summed E-state index contributed by atoms with van der Waals surface area (Å²) in [6, 6.07) is 0. The summed E-state index contributed by atoms with van der Waals surface area (Å²) in [5, 5.41) is 0. The molecule has 0 N–H and O–H groups in total. The lowest BCUT2D eigenvalue weighted by atomic mass is 10.0. The van der Waals surface area contributed by atoms with E-state index in [0.29, 0.717) is 0 Å². The van der Waals surface area contributed by atoms with Gasteiger partial charge >= 0.3 is 24.5 Å². The van der Waals surface area contributed by atoms with E-state index in [2.05, 4.69) is 0 Å². The molecule has 0 aromatic rings. The molecule has 1 heterocycles. The third-order valence-corrected chi connectivity index (χ3v) is 3.30. The molecular weight excluding hydrogens is 383 g/mol. The van der Waals surface area contributed by atoms with Crippen molar-refractivity contribution in [3.8, 4) is 0 Å². The number of hydrogen-bond donors (Lipinski definition) is 0. The summed E-state index contributed by atoms with van der Waals surface area (Å²) in [6.07, 6.45) is -21.0. The molecule has 0 unspecified atom stereocenters. The van der Waals surface area contributed by atoms with E-state index in [1.807, 2.05) is 0 Å². The summed E-state index contributed by atoms with van der Waals surface area (Å²) >= 11 is 0. The van der Waals surface area contributed by atoms with Gasteiger partial charge in [-0.3, -0.25) is 4.79 Å². The molecule has 1 aliphatic rings. The highest BCUT2D eigenvalue weighted by molar-refractivity contribution is 5.79. The highest BCUT2D eigenvalue weighted by Gasteiger charge is 2.68. The van der Waals surface area contributed by atoms with Gasteiger partial charge in [-0.05, 0) is 12.8 Å². The summed E-state index contributed by atoms with van der Waals surface area (Å²) in [5.74, 6) is -8.20. The fourth-order valence-corrected chi connectivity index (χ4v) is 2.24. The summed E-state index contributed by atoms with van der Waals surface area (Å²) in [6.45, 7) is -1.12. The molecule has 0 atom stereocenters. The maximum Gasteiger partial charge on any atom is 0.459 e. The van der Waals surface area contributed by atoms with E-state index in [9.17, 15) is 53.1 Å². The number of alkyl halides is 11. The maximum absolute atomic E-state index is 13.6. The fourth-order valence-electron chi connectivity index (χ4n) is 2.24. The molecule has 0 spiro atoms. The van der Waals surface area contributed by atoms with Crippen LogP contribution in [0.5, 0.6) is 0 Å². The first-order valence-electron chi connectivity index (χ1n) is 6.65. The summed E-state index contributed by atoms with van der Waals surface area (Å²) in [5.41, 5.74) is -7.47. The largest absolute Gasteiger partial charge is 0.459 e. The minimum atomic E-state index is -6.77. The highest BCUT2D eigenvalue weighted by atomic mass is 19.4. The van der Waals surface area contributed by atoms with E-state index >= 15 is 0 Å². The number of carbonyl (C=O) groups is 1. The number of allylic oxidation sites excluding steroid dienone is 2. The van der Waals surface area contributed by atoms with E-state index in [1.54, 1.807) is 0 Å². The van der Waals surface area contributed by atoms with Crippen LogP contribution < -0.4 is 0 Å². The number of hydrogen-bond acceptors (Lipinski definition) is 1. The Hall–Kier alpha value is -1.56. The van der Waals surface area contributed by atoms with Gasteiger partial charge in [-0.1, -0.05) is 6.42 Å². The Morgan fingerprint density at radius 2 is 1.24 bits per heavy atom. The van der Waals surface area contributed by atoms with Gasteiger partial charge in [0.15, 0.2) is 5.57 Å². The Morgan fingerprint density at radius 3 is 1.64 bits per heavy atom. The zero-order chi connectivity index (χ0) is 19.8. The van der Waals surface area contributed by atoms with E-state index in [-0.39, 0.29) is 19.3 Å². The molecule has 1 saturated heterocycles. The number of amides is 1. The van der Waals surface area contributed by atoms with Crippen molar-refractivity contribution in [2.45, 2.75) is 50.1 Å². The predicted molar refractivity (Wildman–Crippen MR) is 60.3 cm³/mol. The van der Waals surface area contributed by atoms with E-state index in [4.69, 9.17) is 0 Å². The number of carbonyl (C=O) groups excluding carboxylic acids is 1. The summed E-state index contributed by atoms with van der Waals surface area (Å²) in [4.78, 5) is 10.9. The Kier molecular flexibility index (Phi) is 5.70. The molecule has 0 aromatic heterocycles. The van der Waals surface area contributed by atoms with Gasteiger partial charge in [0.05, 0.1) is 0 Å². The van der Waals surface area contributed by atoms with Crippen LogP contribution >= 0.6 is 0 Å². The third-order valence-electron chi connectivity index (χ3n) is 3.30. The van der Waals surface area contributed by atoms with Gasteiger partial charge < -0.3 is 4.90 Å². The Balaban J connectivity index is 3.84. The van der Waals surface area contributed by atoms with Crippen LogP contribution in [-0.2, 0) is 4.79 Å². The Labute approximate surface area is 133 Å². The SMILES string of the molecule is O=C1CCCCCN1C(=C(C(F)(F)F)C(F)(F)F)C(F)(F)C(F)(F)F. The Morgan fingerprint density at radius 1 is 0.760 bits per heavy atom. The predicted octanol–water partition coefficient (Wildman–Crippen LogP) is 4.97. The van der Waals surface area contributed by atoms with Gasteiger partial charge in [0.1, 0.15) is 5.70 Å². The lowest BCUT2D eigenvalue weighted by Crippen LogP contribution is -2.50. The van der Waals surface area contributed by atoms with Crippen LogP contribution in [0.4, 0.5) is 48.3 Å². The molecule has 13 heteroatoms. The van der Waals surface area contributed by atoms with Crippen molar-refractivity contribution >= 4 is 5.91 Å². The molecule has 2 nitrogen and oxygen atoms in total. The first-order valence-corrected chi connectivity index (χ1v) is 6.65. The average molecular weight is 393 g/mol. The van der Waals surface area contributed by atoms with Crippen molar-refractivity contribution in [2.75, 3.05) is 6.54 Å². The third kappa shape index (κ3) is 4.54. The van der Waals surface area contributed by atoms with Gasteiger partial charge in [0, 0.05) is 13.0 Å². The van der Waals surface area contributed by atoms with Gasteiger partial charge in [-0.25, -0.2) is 0 Å². The first kappa shape index (κ1) is 21.5. The number of nitrogens with zero attached hydrogens (tertiary/aromatic N) is 1. The molecule has 1 amide bonds. The summed E-state index contributed by atoms with van der Waals surface area (Å²) in [7, 11) is 0. The lowest BCUT2D eigenvalue weighted by Gasteiger charge is -2.34. The standard InChI is InChI=1S/C12H10F11NO/c13-9(14,12(21,22)23)8(7(10(15,16)17)11(18,19)20)24-5-3-1-2-4-6(24)25/h1-5H2. The lowest BCUT2D eigenvalue weighted by molar-refractivity contribution is -0.274. The summed E-state index contributed by atoms with van der Waals surface area (Å²) < 4.78 is 141. The van der Waals surface area contributed by atoms with Crippen LogP contribution in [0.1, 0.15) is 25.7 Å². The normalized spacial score (nSPS) is 18.2. The van der Waals surface area contributed by atoms with Crippen LogP contribution in [0.25, 0.3) is 0 Å². The fraction of sp³-hybridized carbons (Fsp3) is 0.750. The molecule has 1 aliphatic heterocycles. The van der Waals surface area contributed by atoms with Crippen molar-refractivity contribution in [1.82, 2.24) is 4.90 Å². The number of rotatable bonds is 2. The minimum Gasteiger partial charge on any atom is -0.310 e. The van der Waals surface area contributed by atoms with Crippen LogP contribution in [0, 0.1) is 0 Å².